The summed E-state index contributed by atoms with van der Waals surface area (Å²) in [6, 6.07) is 7.47. The monoisotopic (exact) mass is 350 g/mol. The topological polar surface area (TPSA) is 76.0 Å². The molecule has 0 bridgehead atoms. The van der Waals surface area contributed by atoms with Crippen molar-refractivity contribution in [1.82, 2.24) is 20.2 Å². The van der Waals surface area contributed by atoms with Crippen LogP contribution in [0.5, 0.6) is 0 Å². The number of rotatable bonds is 4. The van der Waals surface area contributed by atoms with E-state index in [9.17, 15) is 9.59 Å². The Hall–Kier alpha value is -1.92. The molecule has 2 N–H and O–H groups in total. The summed E-state index contributed by atoms with van der Waals surface area (Å²) in [4.78, 5) is 28.8. The number of piperidine rings is 1. The maximum atomic E-state index is 12.4. The Balaban J connectivity index is 0.00000208. The first-order valence-corrected chi connectivity index (χ1v) is 8.09. The molecule has 0 radical (unpaired) electrons. The standard InChI is InChI=1S/C17H22N4O2.ClH/c1-12-10-18-8-6-14(12)20-16(22)7-9-21-11-19-15-5-3-2-4-13(15)17(21)23;/h2-5,11-12,14,18H,6-10H2,1H3,(H,20,22);1H. The van der Waals surface area contributed by atoms with Gasteiger partial charge in [-0.1, -0.05) is 19.1 Å². The molecule has 2 aromatic rings. The third-order valence-electron chi connectivity index (χ3n) is 4.44. The van der Waals surface area contributed by atoms with Crippen LogP contribution < -0.4 is 16.2 Å². The van der Waals surface area contributed by atoms with Gasteiger partial charge in [-0.15, -0.1) is 12.4 Å². The molecule has 2 atom stereocenters. The smallest absolute Gasteiger partial charge is 0.261 e. The van der Waals surface area contributed by atoms with Crippen molar-refractivity contribution in [2.45, 2.75) is 32.4 Å². The molecule has 0 aliphatic carbocycles. The third-order valence-corrected chi connectivity index (χ3v) is 4.44. The Labute approximate surface area is 147 Å². The zero-order chi connectivity index (χ0) is 16.2. The number of nitrogens with one attached hydrogen (secondary N) is 2. The lowest BCUT2D eigenvalue weighted by molar-refractivity contribution is -0.122. The van der Waals surface area contributed by atoms with Gasteiger partial charge in [0.2, 0.25) is 5.91 Å². The first kappa shape index (κ1) is 18.4. The highest BCUT2D eigenvalue weighted by atomic mass is 35.5. The van der Waals surface area contributed by atoms with Gasteiger partial charge in [-0.25, -0.2) is 4.98 Å². The predicted octanol–water partition coefficient (Wildman–Crippen LogP) is 1.32. The quantitative estimate of drug-likeness (QED) is 0.872. The van der Waals surface area contributed by atoms with Gasteiger partial charge in [0.25, 0.3) is 5.56 Å². The minimum Gasteiger partial charge on any atom is -0.353 e. The van der Waals surface area contributed by atoms with Crippen molar-refractivity contribution in [3.63, 3.8) is 0 Å². The number of carbonyl (C=O) groups is 1. The Morgan fingerprint density at radius 3 is 3.00 bits per heavy atom. The molecule has 0 saturated carbocycles. The number of hydrogen-bond donors (Lipinski definition) is 2. The van der Waals surface area contributed by atoms with Crippen LogP contribution in [-0.2, 0) is 11.3 Å². The summed E-state index contributed by atoms with van der Waals surface area (Å²) in [6.45, 7) is 4.35. The van der Waals surface area contributed by atoms with Crippen LogP contribution in [-0.4, -0.2) is 34.6 Å². The molecule has 24 heavy (non-hydrogen) atoms. The average Bonchev–Trinajstić information content (AvgIpc) is 2.57. The number of aryl methyl sites for hydroxylation is 1. The van der Waals surface area contributed by atoms with Gasteiger partial charge in [0.1, 0.15) is 0 Å². The second-order valence-corrected chi connectivity index (χ2v) is 6.15. The minimum absolute atomic E-state index is 0. The van der Waals surface area contributed by atoms with Crippen LogP contribution in [0.25, 0.3) is 10.9 Å². The lowest BCUT2D eigenvalue weighted by atomic mass is 9.95. The Morgan fingerprint density at radius 2 is 2.21 bits per heavy atom. The van der Waals surface area contributed by atoms with Gasteiger partial charge in [-0.2, -0.15) is 0 Å². The van der Waals surface area contributed by atoms with Crippen LogP contribution in [0, 0.1) is 5.92 Å². The lowest BCUT2D eigenvalue weighted by Gasteiger charge is -2.30. The zero-order valence-corrected chi connectivity index (χ0v) is 14.5. The molecular formula is C17H23ClN4O2. The molecule has 2 unspecified atom stereocenters. The number of aromatic nitrogens is 2. The number of hydrogen-bond acceptors (Lipinski definition) is 4. The predicted molar refractivity (Wildman–Crippen MR) is 96.4 cm³/mol. The molecule has 7 heteroatoms. The summed E-state index contributed by atoms with van der Waals surface area (Å²) in [5, 5.41) is 6.98. The fraction of sp³-hybridized carbons (Fsp3) is 0.471. The molecule has 0 spiro atoms. The van der Waals surface area contributed by atoms with E-state index in [1.807, 2.05) is 18.2 Å². The third kappa shape index (κ3) is 4.13. The Morgan fingerprint density at radius 1 is 1.42 bits per heavy atom. The summed E-state index contributed by atoms with van der Waals surface area (Å²) in [6.07, 6.45) is 2.76. The molecule has 1 saturated heterocycles. The molecule has 1 aliphatic heterocycles. The molecule has 1 aromatic carbocycles. The molecule has 130 valence electrons. The van der Waals surface area contributed by atoms with Gasteiger partial charge >= 0.3 is 0 Å². The van der Waals surface area contributed by atoms with Crippen molar-refractivity contribution < 1.29 is 4.79 Å². The number of nitrogens with zero attached hydrogens (tertiary/aromatic N) is 2. The maximum absolute atomic E-state index is 12.4. The van der Waals surface area contributed by atoms with E-state index in [1.54, 1.807) is 6.07 Å². The van der Waals surface area contributed by atoms with E-state index >= 15 is 0 Å². The summed E-state index contributed by atoms with van der Waals surface area (Å²) >= 11 is 0. The first-order chi connectivity index (χ1) is 11.1. The van der Waals surface area contributed by atoms with Crippen LogP contribution >= 0.6 is 12.4 Å². The Kier molecular flexibility index (Phi) is 6.34. The number of fused-ring (bicyclic) bond motifs is 1. The second kappa shape index (κ2) is 8.26. The van der Waals surface area contributed by atoms with Crippen molar-refractivity contribution >= 4 is 29.2 Å². The highest BCUT2D eigenvalue weighted by Gasteiger charge is 2.22. The minimum atomic E-state index is -0.0985. The van der Waals surface area contributed by atoms with Crippen LogP contribution in [0.4, 0.5) is 0 Å². The van der Waals surface area contributed by atoms with E-state index in [4.69, 9.17) is 0 Å². The number of carbonyl (C=O) groups excluding carboxylic acids is 1. The van der Waals surface area contributed by atoms with Crippen LogP contribution in [0.1, 0.15) is 19.8 Å². The van der Waals surface area contributed by atoms with Gasteiger partial charge in [0.05, 0.1) is 17.2 Å². The Bertz CT molecular complexity index is 762. The summed E-state index contributed by atoms with van der Waals surface area (Å²) < 4.78 is 1.51. The lowest BCUT2D eigenvalue weighted by Crippen LogP contribution is -2.48. The maximum Gasteiger partial charge on any atom is 0.261 e. The van der Waals surface area contributed by atoms with Gasteiger partial charge in [-0.3, -0.25) is 14.2 Å². The fourth-order valence-corrected chi connectivity index (χ4v) is 2.99. The molecule has 2 heterocycles. The van der Waals surface area contributed by atoms with E-state index in [0.29, 0.717) is 23.4 Å². The van der Waals surface area contributed by atoms with E-state index in [-0.39, 0.29) is 36.3 Å². The average molecular weight is 351 g/mol. The van der Waals surface area contributed by atoms with Crippen molar-refractivity contribution in [3.8, 4) is 0 Å². The molecule has 6 nitrogen and oxygen atoms in total. The van der Waals surface area contributed by atoms with Gasteiger partial charge in [0.15, 0.2) is 0 Å². The van der Waals surface area contributed by atoms with E-state index in [1.165, 1.54) is 10.9 Å². The highest BCUT2D eigenvalue weighted by Crippen LogP contribution is 2.10. The van der Waals surface area contributed by atoms with Crippen LogP contribution in [0.3, 0.4) is 0 Å². The van der Waals surface area contributed by atoms with Crippen LogP contribution in [0.2, 0.25) is 0 Å². The molecule has 3 rings (SSSR count). The van der Waals surface area contributed by atoms with Crippen molar-refractivity contribution in [1.29, 1.82) is 0 Å². The number of halogens is 1. The SMILES string of the molecule is CC1CNCCC1NC(=O)CCn1cnc2ccccc2c1=O.Cl. The molecule has 1 amide bonds. The van der Waals surface area contributed by atoms with Crippen molar-refractivity contribution in [3.05, 3.63) is 40.9 Å². The molecule has 1 aromatic heterocycles. The van der Waals surface area contributed by atoms with Crippen molar-refractivity contribution in [2.24, 2.45) is 5.92 Å². The van der Waals surface area contributed by atoms with Crippen molar-refractivity contribution in [2.75, 3.05) is 13.1 Å². The van der Waals surface area contributed by atoms with E-state index in [2.05, 4.69) is 22.5 Å². The second-order valence-electron chi connectivity index (χ2n) is 6.15. The van der Waals surface area contributed by atoms with E-state index < -0.39 is 0 Å². The van der Waals surface area contributed by atoms with Gasteiger partial charge < -0.3 is 10.6 Å². The van der Waals surface area contributed by atoms with Gasteiger partial charge in [-0.05, 0) is 37.6 Å². The van der Waals surface area contributed by atoms with Gasteiger partial charge in [0, 0.05) is 19.0 Å². The van der Waals surface area contributed by atoms with Crippen LogP contribution in [0.15, 0.2) is 35.4 Å². The first-order valence-electron chi connectivity index (χ1n) is 8.09. The number of benzene rings is 1. The highest BCUT2D eigenvalue weighted by molar-refractivity contribution is 5.85. The normalized spacial score (nSPS) is 20.4. The number of amides is 1. The fourth-order valence-electron chi connectivity index (χ4n) is 2.99. The van der Waals surface area contributed by atoms with E-state index in [0.717, 1.165) is 19.5 Å². The summed E-state index contributed by atoms with van der Waals surface area (Å²) in [5.41, 5.74) is 0.584. The zero-order valence-electron chi connectivity index (χ0n) is 13.7. The largest absolute Gasteiger partial charge is 0.353 e. The molecule has 1 fully saturated rings. The molecular weight excluding hydrogens is 328 g/mol. The summed E-state index contributed by atoms with van der Waals surface area (Å²) in [5.74, 6) is 0.418. The number of para-hydroxylation sites is 1. The molecule has 1 aliphatic rings. The summed E-state index contributed by atoms with van der Waals surface area (Å²) in [7, 11) is 0.